The van der Waals surface area contributed by atoms with E-state index in [1.54, 1.807) is 30.7 Å². The molecule has 0 aliphatic carbocycles. The Bertz CT molecular complexity index is 1310. The van der Waals surface area contributed by atoms with Gasteiger partial charge in [0, 0.05) is 44.2 Å². The summed E-state index contributed by atoms with van der Waals surface area (Å²) < 4.78 is 5.72. The number of hydrogen-bond acceptors (Lipinski definition) is 9. The molecule has 38 heavy (non-hydrogen) atoms. The molecule has 0 saturated heterocycles. The minimum Gasteiger partial charge on any atom is -0.494 e. The molecule has 4 rings (SSSR count). The van der Waals surface area contributed by atoms with Crippen LogP contribution in [0.5, 0.6) is 5.75 Å². The lowest BCUT2D eigenvalue weighted by Gasteiger charge is -2.29. The summed E-state index contributed by atoms with van der Waals surface area (Å²) in [6.07, 6.45) is 5.77. The number of aromatic nitrogens is 2. The molecule has 0 bridgehead atoms. The van der Waals surface area contributed by atoms with Gasteiger partial charge in [0.15, 0.2) is 5.82 Å². The van der Waals surface area contributed by atoms with Crippen LogP contribution in [0.3, 0.4) is 0 Å². The Morgan fingerprint density at radius 3 is 2.82 bits per heavy atom. The lowest BCUT2D eigenvalue weighted by atomic mass is 10.1. The summed E-state index contributed by atoms with van der Waals surface area (Å²) in [7, 11) is 7.66. The van der Waals surface area contributed by atoms with Gasteiger partial charge in [-0.25, -0.2) is 4.98 Å². The van der Waals surface area contributed by atoms with Crippen molar-refractivity contribution < 1.29 is 9.53 Å². The fourth-order valence-corrected chi connectivity index (χ4v) is 5.34. The number of ether oxygens (including phenoxy) is 1. The molecular formula is C27H34ClN7O2S. The average molecular weight is 556 g/mol. The molecule has 0 saturated carbocycles. The zero-order valence-corrected chi connectivity index (χ0v) is 24.0. The van der Waals surface area contributed by atoms with E-state index in [4.69, 9.17) is 21.3 Å². The fourth-order valence-electron chi connectivity index (χ4n) is 4.24. The Balaban J connectivity index is 1.65. The summed E-state index contributed by atoms with van der Waals surface area (Å²) in [5.41, 5.74) is 3.42. The molecule has 0 radical (unpaired) electrons. The number of anilines is 5. The third-order valence-electron chi connectivity index (χ3n) is 6.27. The molecule has 0 unspecified atom stereocenters. The Kier molecular flexibility index (Phi) is 9.09. The molecular weight excluding hydrogens is 522 g/mol. The van der Waals surface area contributed by atoms with Crippen molar-refractivity contribution in [3.05, 3.63) is 57.4 Å². The van der Waals surface area contributed by atoms with E-state index in [9.17, 15) is 4.79 Å². The van der Waals surface area contributed by atoms with E-state index in [1.807, 2.05) is 40.2 Å². The molecule has 1 aliphatic heterocycles. The summed E-state index contributed by atoms with van der Waals surface area (Å²) >= 11 is 8.33. The Labute approximate surface area is 233 Å². The normalized spacial score (nSPS) is 13.1. The van der Waals surface area contributed by atoms with Crippen LogP contribution >= 0.6 is 22.9 Å². The van der Waals surface area contributed by atoms with Crippen molar-refractivity contribution in [3.63, 3.8) is 0 Å². The number of amides is 1. The molecule has 2 aromatic heterocycles. The number of methoxy groups -OCH3 is 1. The molecule has 0 atom stereocenters. The maximum Gasteiger partial charge on any atom is 0.248 e. The van der Waals surface area contributed by atoms with E-state index in [0.717, 1.165) is 38.3 Å². The van der Waals surface area contributed by atoms with E-state index in [1.165, 1.54) is 16.5 Å². The first kappa shape index (κ1) is 27.7. The zero-order chi connectivity index (χ0) is 27.2. The summed E-state index contributed by atoms with van der Waals surface area (Å²) in [5, 5.41) is 8.90. The second kappa shape index (κ2) is 12.5. The van der Waals surface area contributed by atoms with Gasteiger partial charge in [-0.2, -0.15) is 4.98 Å². The van der Waals surface area contributed by atoms with Gasteiger partial charge in [-0.1, -0.05) is 17.7 Å². The van der Waals surface area contributed by atoms with Crippen LogP contribution in [0.15, 0.2) is 41.9 Å². The van der Waals surface area contributed by atoms with Crippen molar-refractivity contribution in [2.75, 3.05) is 68.3 Å². The topological polar surface area (TPSA) is 85.9 Å². The minimum atomic E-state index is -0.214. The fraction of sp³-hybridized carbons (Fsp3) is 0.370. The third-order valence-corrected chi connectivity index (χ3v) is 7.56. The molecule has 2 N–H and O–H groups in total. The van der Waals surface area contributed by atoms with Crippen molar-refractivity contribution >= 4 is 57.7 Å². The maximum absolute atomic E-state index is 12.5. The molecule has 0 spiro atoms. The van der Waals surface area contributed by atoms with Gasteiger partial charge in [0.05, 0.1) is 30.4 Å². The largest absolute Gasteiger partial charge is 0.494 e. The van der Waals surface area contributed by atoms with Gasteiger partial charge in [-0.05, 0) is 56.6 Å². The van der Waals surface area contributed by atoms with Crippen LogP contribution in [-0.4, -0.2) is 68.7 Å². The number of fused-ring (bicyclic) bond motifs is 1. The van der Waals surface area contributed by atoms with E-state index >= 15 is 0 Å². The number of benzene rings is 1. The van der Waals surface area contributed by atoms with E-state index in [0.29, 0.717) is 33.9 Å². The summed E-state index contributed by atoms with van der Waals surface area (Å²) in [4.78, 5) is 29.4. The van der Waals surface area contributed by atoms with Crippen molar-refractivity contribution in [1.29, 1.82) is 0 Å². The number of carbonyl (C=O) groups is 1. The number of halogens is 1. The Morgan fingerprint density at radius 1 is 1.26 bits per heavy atom. The summed E-state index contributed by atoms with van der Waals surface area (Å²) in [5.74, 6) is 1.45. The number of allylic oxidation sites excluding steroid dienone is 1. The van der Waals surface area contributed by atoms with Gasteiger partial charge < -0.3 is 30.1 Å². The highest BCUT2D eigenvalue weighted by molar-refractivity contribution is 7.10. The first-order valence-corrected chi connectivity index (χ1v) is 13.7. The predicted octanol–water partition coefficient (Wildman–Crippen LogP) is 5.02. The highest BCUT2D eigenvalue weighted by Crippen LogP contribution is 2.38. The molecule has 1 aliphatic rings. The van der Waals surface area contributed by atoms with Gasteiger partial charge in [-0.3, -0.25) is 4.79 Å². The first-order valence-electron chi connectivity index (χ1n) is 12.4. The number of thiophene rings is 1. The summed E-state index contributed by atoms with van der Waals surface area (Å²) in [6.45, 7) is 5.02. The number of hydrogen-bond donors (Lipinski definition) is 2. The lowest BCUT2D eigenvalue weighted by molar-refractivity contribution is -0.111. The number of rotatable bonds is 10. The van der Waals surface area contributed by atoms with Crippen LogP contribution in [-0.2, 0) is 17.8 Å². The van der Waals surface area contributed by atoms with Gasteiger partial charge in [0.2, 0.25) is 11.9 Å². The Hall–Kier alpha value is -3.34. The molecule has 3 heterocycles. The smallest absolute Gasteiger partial charge is 0.248 e. The van der Waals surface area contributed by atoms with E-state index in [2.05, 4.69) is 41.8 Å². The van der Waals surface area contributed by atoms with Crippen LogP contribution < -0.4 is 25.2 Å². The zero-order valence-electron chi connectivity index (χ0n) is 22.4. The molecule has 202 valence electrons. The van der Waals surface area contributed by atoms with E-state index < -0.39 is 0 Å². The van der Waals surface area contributed by atoms with Gasteiger partial charge >= 0.3 is 0 Å². The number of likely N-dealkylation sites (N-methyl/N-ethyl adjacent to an activating group) is 2. The monoisotopic (exact) mass is 555 g/mol. The van der Waals surface area contributed by atoms with Crippen LogP contribution in [0.1, 0.15) is 17.4 Å². The third kappa shape index (κ3) is 6.56. The molecule has 9 nitrogen and oxygen atoms in total. The molecule has 1 amide bonds. The van der Waals surface area contributed by atoms with Gasteiger partial charge in [0.25, 0.3) is 0 Å². The molecule has 11 heteroatoms. The van der Waals surface area contributed by atoms with Crippen molar-refractivity contribution in [2.24, 2.45) is 0 Å². The number of nitrogens with zero attached hydrogens (tertiary/aromatic N) is 5. The second-order valence-electron chi connectivity index (χ2n) is 9.31. The van der Waals surface area contributed by atoms with Gasteiger partial charge in [-0.15, -0.1) is 11.3 Å². The summed E-state index contributed by atoms with van der Waals surface area (Å²) in [6, 6.07) is 5.91. The first-order chi connectivity index (χ1) is 18.3. The van der Waals surface area contributed by atoms with Crippen LogP contribution in [0.4, 0.5) is 28.8 Å². The predicted molar refractivity (Wildman–Crippen MR) is 158 cm³/mol. The van der Waals surface area contributed by atoms with Crippen LogP contribution in [0.25, 0.3) is 0 Å². The van der Waals surface area contributed by atoms with Crippen molar-refractivity contribution in [3.8, 4) is 5.75 Å². The average Bonchev–Trinajstić information content (AvgIpc) is 3.36. The number of carbonyl (C=O) groups excluding carboxylic acids is 1. The van der Waals surface area contributed by atoms with Crippen LogP contribution in [0, 0.1) is 0 Å². The molecule has 3 aromatic rings. The lowest BCUT2D eigenvalue weighted by Crippen LogP contribution is -2.30. The van der Waals surface area contributed by atoms with Gasteiger partial charge in [0.1, 0.15) is 10.8 Å². The van der Waals surface area contributed by atoms with E-state index in [-0.39, 0.29) is 5.91 Å². The standard InChI is InChI=1S/C27H34ClN7O2S/c1-6-7-25(36)30-20-14-21(23(37-5)15-22(20)34(4)12-11-33(2)3)31-27-29-16-19(28)26(32-27)35-10-8-24-18(17-35)9-13-38-24/h6-7,9,13-16H,8,10-12,17H2,1-5H3,(H,30,36)(H,29,31,32)/b7-6+. The van der Waals surface area contributed by atoms with Crippen molar-refractivity contribution in [1.82, 2.24) is 14.9 Å². The number of nitrogens with one attached hydrogen (secondary N) is 2. The molecule has 1 aromatic carbocycles. The Morgan fingerprint density at radius 2 is 2.08 bits per heavy atom. The second-order valence-corrected chi connectivity index (χ2v) is 10.7. The molecule has 0 fully saturated rings. The SMILES string of the molecule is C/C=C/C(=O)Nc1cc(Nc2ncc(Cl)c(N3CCc4sccc4C3)n2)c(OC)cc1N(C)CCN(C)C. The highest BCUT2D eigenvalue weighted by Gasteiger charge is 2.22. The minimum absolute atomic E-state index is 0.214. The maximum atomic E-state index is 12.5. The quantitative estimate of drug-likeness (QED) is 0.337. The van der Waals surface area contributed by atoms with Crippen LogP contribution in [0.2, 0.25) is 5.02 Å². The highest BCUT2D eigenvalue weighted by atomic mass is 35.5. The van der Waals surface area contributed by atoms with Crippen molar-refractivity contribution in [2.45, 2.75) is 19.9 Å².